The molecule has 0 aliphatic rings. The van der Waals surface area contributed by atoms with E-state index in [1.807, 2.05) is 30.3 Å². The topological polar surface area (TPSA) is 62.1 Å². The molecule has 23 heavy (non-hydrogen) atoms. The van der Waals surface area contributed by atoms with Crippen molar-refractivity contribution in [3.8, 4) is 17.2 Å². The van der Waals surface area contributed by atoms with Crippen molar-refractivity contribution in [2.75, 3.05) is 13.2 Å². The highest BCUT2D eigenvalue weighted by atomic mass is 79.9. The highest BCUT2D eigenvalue weighted by Crippen LogP contribution is 2.27. The average Bonchev–Trinajstić information content (AvgIpc) is 3.08. The maximum Gasteiger partial charge on any atom is 0.143 e. The van der Waals surface area contributed by atoms with Gasteiger partial charge in [0.1, 0.15) is 31.0 Å². The van der Waals surface area contributed by atoms with Crippen LogP contribution in [0.25, 0.3) is 5.69 Å². The molecule has 0 amide bonds. The third-order valence-corrected chi connectivity index (χ3v) is 3.79. The molecule has 0 N–H and O–H groups in total. The van der Waals surface area contributed by atoms with Crippen molar-refractivity contribution >= 4 is 27.5 Å². The first-order valence-electron chi connectivity index (χ1n) is 6.76. The van der Waals surface area contributed by atoms with Crippen LogP contribution in [0.5, 0.6) is 11.5 Å². The van der Waals surface area contributed by atoms with Crippen LogP contribution in [-0.2, 0) is 0 Å². The van der Waals surface area contributed by atoms with Crippen LogP contribution in [-0.4, -0.2) is 33.4 Å². The number of hydrogen-bond acceptors (Lipinski definition) is 5. The Hall–Kier alpha value is -2.12. The molecule has 0 spiro atoms. The first-order chi connectivity index (χ1) is 11.2. The van der Waals surface area contributed by atoms with Crippen LogP contribution in [0.4, 0.5) is 0 Å². The highest BCUT2D eigenvalue weighted by molar-refractivity contribution is 9.10. The van der Waals surface area contributed by atoms with Crippen LogP contribution < -0.4 is 9.47 Å². The van der Waals surface area contributed by atoms with E-state index in [0.717, 1.165) is 21.7 Å². The normalized spacial score (nSPS) is 10.5. The Bertz CT molecular complexity index is 783. The fourth-order valence-electron chi connectivity index (χ4n) is 1.90. The summed E-state index contributed by atoms with van der Waals surface area (Å²) in [5, 5.41) is 11.7. The lowest BCUT2D eigenvalue weighted by Gasteiger charge is -2.10. The molecule has 1 aromatic heterocycles. The monoisotopic (exact) mass is 394 g/mol. The molecule has 0 aliphatic heterocycles. The molecule has 0 saturated heterocycles. The molecule has 3 aromatic rings. The summed E-state index contributed by atoms with van der Waals surface area (Å²) in [5.41, 5.74) is 0.828. The zero-order valence-corrected chi connectivity index (χ0v) is 14.2. The lowest BCUT2D eigenvalue weighted by atomic mass is 10.3. The fraction of sp³-hybridized carbons (Fsp3) is 0.133. The van der Waals surface area contributed by atoms with Gasteiger partial charge in [-0.15, -0.1) is 5.10 Å². The van der Waals surface area contributed by atoms with Crippen molar-refractivity contribution in [1.29, 1.82) is 0 Å². The lowest BCUT2D eigenvalue weighted by molar-refractivity contribution is 0.216. The molecule has 6 nitrogen and oxygen atoms in total. The number of ether oxygens (including phenoxy) is 2. The predicted octanol–water partition coefficient (Wildman–Crippen LogP) is 3.54. The van der Waals surface area contributed by atoms with Gasteiger partial charge in [-0.3, -0.25) is 0 Å². The van der Waals surface area contributed by atoms with Gasteiger partial charge in [0.2, 0.25) is 0 Å². The third-order valence-electron chi connectivity index (χ3n) is 2.93. The Labute approximate surface area is 146 Å². The van der Waals surface area contributed by atoms with E-state index in [1.54, 1.807) is 16.8 Å². The van der Waals surface area contributed by atoms with Crippen LogP contribution >= 0.6 is 27.5 Å². The number of nitrogens with zero attached hydrogens (tertiary/aromatic N) is 4. The van der Waals surface area contributed by atoms with Crippen LogP contribution in [0.3, 0.4) is 0 Å². The number of halogens is 2. The summed E-state index contributed by atoms with van der Waals surface area (Å²) in [7, 11) is 0. The van der Waals surface area contributed by atoms with Crippen LogP contribution in [0, 0.1) is 0 Å². The smallest absolute Gasteiger partial charge is 0.143 e. The maximum atomic E-state index is 5.89. The van der Waals surface area contributed by atoms with Gasteiger partial charge in [-0.1, -0.05) is 17.7 Å². The first-order valence-corrected chi connectivity index (χ1v) is 7.93. The Morgan fingerprint density at radius 2 is 1.96 bits per heavy atom. The van der Waals surface area contributed by atoms with Crippen molar-refractivity contribution in [2.24, 2.45) is 0 Å². The molecular formula is C15H12BrClN4O2. The number of benzene rings is 2. The maximum absolute atomic E-state index is 5.89. The van der Waals surface area contributed by atoms with E-state index < -0.39 is 0 Å². The predicted molar refractivity (Wildman–Crippen MR) is 89.3 cm³/mol. The van der Waals surface area contributed by atoms with Gasteiger partial charge in [0, 0.05) is 11.1 Å². The van der Waals surface area contributed by atoms with E-state index >= 15 is 0 Å². The Morgan fingerprint density at radius 1 is 1.09 bits per heavy atom. The summed E-state index contributed by atoms with van der Waals surface area (Å²) in [4.78, 5) is 0. The molecule has 1 heterocycles. The fourth-order valence-corrected chi connectivity index (χ4v) is 2.70. The van der Waals surface area contributed by atoms with E-state index in [0.29, 0.717) is 18.2 Å². The summed E-state index contributed by atoms with van der Waals surface area (Å²) in [6.45, 7) is 0.823. The van der Waals surface area contributed by atoms with Gasteiger partial charge in [0.15, 0.2) is 0 Å². The molecule has 118 valence electrons. The minimum absolute atomic E-state index is 0.411. The van der Waals surface area contributed by atoms with Crippen molar-refractivity contribution in [3.05, 3.63) is 58.3 Å². The van der Waals surface area contributed by atoms with Crippen LogP contribution in [0.15, 0.2) is 53.3 Å². The van der Waals surface area contributed by atoms with Gasteiger partial charge >= 0.3 is 0 Å². The van der Waals surface area contributed by atoms with Crippen molar-refractivity contribution < 1.29 is 9.47 Å². The average molecular weight is 396 g/mol. The highest BCUT2D eigenvalue weighted by Gasteiger charge is 2.03. The summed E-state index contributed by atoms with van der Waals surface area (Å²) in [6, 6.07) is 12.9. The molecular weight excluding hydrogens is 384 g/mol. The second-order valence-corrected chi connectivity index (χ2v) is 5.81. The summed E-state index contributed by atoms with van der Waals surface area (Å²) in [5.74, 6) is 1.44. The molecule has 0 atom stereocenters. The summed E-state index contributed by atoms with van der Waals surface area (Å²) in [6.07, 6.45) is 1.53. The van der Waals surface area contributed by atoms with Gasteiger partial charge in [-0.05, 0) is 56.7 Å². The van der Waals surface area contributed by atoms with Crippen LogP contribution in [0.2, 0.25) is 5.02 Å². The van der Waals surface area contributed by atoms with Crippen LogP contribution in [0.1, 0.15) is 0 Å². The molecule has 0 saturated carbocycles. The first kappa shape index (κ1) is 15.8. The molecule has 0 fully saturated rings. The van der Waals surface area contributed by atoms with Gasteiger partial charge in [-0.2, -0.15) is 0 Å². The molecule has 0 radical (unpaired) electrons. The van der Waals surface area contributed by atoms with E-state index in [2.05, 4.69) is 31.5 Å². The quantitative estimate of drug-likeness (QED) is 0.598. The Morgan fingerprint density at radius 3 is 2.74 bits per heavy atom. The van der Waals surface area contributed by atoms with Crippen molar-refractivity contribution in [2.45, 2.75) is 0 Å². The van der Waals surface area contributed by atoms with E-state index in [-0.39, 0.29) is 0 Å². The number of rotatable bonds is 6. The standard InChI is InChI=1S/C15H12BrClN4O2/c16-14-8-11(17)4-5-15(14)23-7-6-22-13-3-1-2-12(9-13)21-10-18-19-20-21/h1-5,8-10H,6-7H2. The number of aromatic nitrogens is 4. The molecule has 8 heteroatoms. The minimum Gasteiger partial charge on any atom is -0.490 e. The van der Waals surface area contributed by atoms with Gasteiger partial charge in [0.05, 0.1) is 10.2 Å². The molecule has 0 aliphatic carbocycles. The SMILES string of the molecule is Clc1ccc(OCCOc2cccc(-n3cnnn3)c2)c(Br)c1. The number of tetrazole rings is 1. The Kier molecular flexibility index (Phi) is 5.09. The minimum atomic E-state index is 0.411. The molecule has 0 unspecified atom stereocenters. The van der Waals surface area contributed by atoms with Gasteiger partial charge < -0.3 is 9.47 Å². The van der Waals surface area contributed by atoms with E-state index in [9.17, 15) is 0 Å². The molecule has 0 bridgehead atoms. The second-order valence-electron chi connectivity index (χ2n) is 4.52. The Balaban J connectivity index is 1.54. The molecule has 3 rings (SSSR count). The van der Waals surface area contributed by atoms with Crippen molar-refractivity contribution in [3.63, 3.8) is 0 Å². The summed E-state index contributed by atoms with van der Waals surface area (Å²) >= 11 is 9.29. The van der Waals surface area contributed by atoms with E-state index in [1.165, 1.54) is 6.33 Å². The van der Waals surface area contributed by atoms with Crippen molar-refractivity contribution in [1.82, 2.24) is 20.2 Å². The third kappa shape index (κ3) is 4.20. The van der Waals surface area contributed by atoms with Gasteiger partial charge in [-0.25, -0.2) is 4.68 Å². The second kappa shape index (κ2) is 7.43. The zero-order valence-electron chi connectivity index (χ0n) is 11.9. The summed E-state index contributed by atoms with van der Waals surface area (Å²) < 4.78 is 13.7. The molecule has 2 aromatic carbocycles. The van der Waals surface area contributed by atoms with E-state index in [4.69, 9.17) is 21.1 Å². The lowest BCUT2D eigenvalue weighted by Crippen LogP contribution is -2.09. The zero-order chi connectivity index (χ0) is 16.1. The number of hydrogen-bond donors (Lipinski definition) is 0. The van der Waals surface area contributed by atoms with Gasteiger partial charge in [0.25, 0.3) is 0 Å². The largest absolute Gasteiger partial charge is 0.490 e.